The molecular weight excluding hydrogens is 283 g/mol. The Morgan fingerprint density at radius 2 is 2.19 bits per heavy atom. The average Bonchev–Trinajstić information content (AvgIpc) is 2.82. The van der Waals surface area contributed by atoms with Crippen molar-refractivity contribution >= 4 is 17.3 Å². The van der Waals surface area contributed by atoms with Gasteiger partial charge in [-0.3, -0.25) is 10.1 Å². The van der Waals surface area contributed by atoms with Gasteiger partial charge in [0.05, 0.1) is 22.7 Å². The van der Waals surface area contributed by atoms with Gasteiger partial charge >= 0.3 is 5.97 Å². The van der Waals surface area contributed by atoms with Crippen LogP contribution in [0.15, 0.2) is 12.1 Å². The topological polar surface area (TPSA) is 113 Å². The number of hydrogen-bond acceptors (Lipinski definition) is 5. The van der Waals surface area contributed by atoms with E-state index in [1.165, 1.54) is 0 Å². The molecule has 0 radical (unpaired) electrons. The van der Waals surface area contributed by atoms with Crippen molar-refractivity contribution in [2.24, 2.45) is 5.92 Å². The summed E-state index contributed by atoms with van der Waals surface area (Å²) in [5.41, 5.74) is -1.15. The molecular formula is C13H15FN2O5. The van der Waals surface area contributed by atoms with Gasteiger partial charge < -0.3 is 15.5 Å². The maximum absolute atomic E-state index is 13.5. The Morgan fingerprint density at radius 1 is 1.48 bits per heavy atom. The van der Waals surface area contributed by atoms with Crippen molar-refractivity contribution in [3.8, 4) is 0 Å². The third kappa shape index (κ3) is 3.46. The Morgan fingerprint density at radius 3 is 2.71 bits per heavy atom. The number of hydrogen-bond donors (Lipinski definition) is 3. The Kier molecular flexibility index (Phi) is 4.37. The van der Waals surface area contributed by atoms with Gasteiger partial charge in [-0.15, -0.1) is 0 Å². The molecule has 1 aliphatic carbocycles. The molecule has 0 aromatic heterocycles. The van der Waals surface area contributed by atoms with Crippen LogP contribution in [0.4, 0.5) is 15.8 Å². The van der Waals surface area contributed by atoms with Gasteiger partial charge in [0.15, 0.2) is 0 Å². The van der Waals surface area contributed by atoms with Crippen LogP contribution >= 0.6 is 0 Å². The molecule has 1 aromatic carbocycles. The number of carboxylic acid groups (broad SMARTS) is 1. The normalized spacial score (nSPS) is 21.2. The summed E-state index contributed by atoms with van der Waals surface area (Å²) in [6, 6.07) is 1.54. The largest absolute Gasteiger partial charge is 0.478 e. The van der Waals surface area contributed by atoms with Crippen molar-refractivity contribution < 1.29 is 24.3 Å². The first-order chi connectivity index (χ1) is 9.88. The van der Waals surface area contributed by atoms with E-state index in [0.29, 0.717) is 25.5 Å². The third-order valence-corrected chi connectivity index (χ3v) is 3.61. The molecule has 0 bridgehead atoms. The lowest BCUT2D eigenvalue weighted by atomic mass is 10.1. The number of rotatable bonds is 5. The molecule has 3 N–H and O–H groups in total. The molecule has 8 heteroatoms. The van der Waals surface area contributed by atoms with E-state index in [-0.39, 0.29) is 17.7 Å². The predicted octanol–water partition coefficient (Wildman–Crippen LogP) is 2.00. The standard InChI is InChI=1S/C13H15FN2O5/c14-10-5-12(16(20)21)11(4-9(10)13(18)19)15-6-7-1-2-8(17)3-7/h4-5,7-8,15,17H,1-3,6H2,(H,18,19). The van der Waals surface area contributed by atoms with Crippen LogP contribution in [-0.4, -0.2) is 33.8 Å². The van der Waals surface area contributed by atoms with Gasteiger partial charge in [0.25, 0.3) is 5.69 Å². The molecule has 0 spiro atoms. The molecule has 1 aliphatic rings. The zero-order valence-electron chi connectivity index (χ0n) is 11.1. The molecule has 7 nitrogen and oxygen atoms in total. The number of benzene rings is 1. The van der Waals surface area contributed by atoms with E-state index < -0.39 is 28.0 Å². The Hall–Kier alpha value is -2.22. The molecule has 0 aliphatic heterocycles. The zero-order valence-corrected chi connectivity index (χ0v) is 11.1. The number of carbonyl (C=O) groups is 1. The maximum Gasteiger partial charge on any atom is 0.338 e. The molecule has 2 rings (SSSR count). The number of halogens is 1. The lowest BCUT2D eigenvalue weighted by molar-refractivity contribution is -0.384. The number of aliphatic hydroxyl groups is 1. The predicted molar refractivity (Wildman–Crippen MR) is 71.9 cm³/mol. The fourth-order valence-corrected chi connectivity index (χ4v) is 2.51. The number of anilines is 1. The zero-order chi connectivity index (χ0) is 15.6. The lowest BCUT2D eigenvalue weighted by Crippen LogP contribution is -2.14. The summed E-state index contributed by atoms with van der Waals surface area (Å²) in [4.78, 5) is 21.0. The lowest BCUT2D eigenvalue weighted by Gasteiger charge is -2.13. The highest BCUT2D eigenvalue weighted by molar-refractivity contribution is 5.90. The van der Waals surface area contributed by atoms with E-state index in [4.69, 9.17) is 5.11 Å². The fraction of sp³-hybridized carbons (Fsp3) is 0.462. The molecule has 2 atom stereocenters. The fourth-order valence-electron chi connectivity index (χ4n) is 2.51. The van der Waals surface area contributed by atoms with E-state index in [1.807, 2.05) is 0 Å². The van der Waals surface area contributed by atoms with Gasteiger partial charge in [-0.25, -0.2) is 9.18 Å². The van der Waals surface area contributed by atoms with E-state index in [1.54, 1.807) is 0 Å². The van der Waals surface area contributed by atoms with Gasteiger partial charge in [0, 0.05) is 6.54 Å². The average molecular weight is 298 g/mol. The quantitative estimate of drug-likeness (QED) is 0.566. The van der Waals surface area contributed by atoms with E-state index in [0.717, 1.165) is 12.5 Å². The summed E-state index contributed by atoms with van der Waals surface area (Å²) in [7, 11) is 0. The van der Waals surface area contributed by atoms with Crippen molar-refractivity contribution in [3.05, 3.63) is 33.6 Å². The van der Waals surface area contributed by atoms with Crippen molar-refractivity contribution in [1.82, 2.24) is 0 Å². The van der Waals surface area contributed by atoms with Gasteiger partial charge in [0.1, 0.15) is 11.5 Å². The second-order valence-corrected chi connectivity index (χ2v) is 5.13. The summed E-state index contributed by atoms with van der Waals surface area (Å²) in [5.74, 6) is -2.48. The monoisotopic (exact) mass is 298 g/mol. The molecule has 1 saturated carbocycles. The molecule has 21 heavy (non-hydrogen) atoms. The second kappa shape index (κ2) is 6.04. The number of nitrogens with zero attached hydrogens (tertiary/aromatic N) is 1. The van der Waals surface area contributed by atoms with Gasteiger partial charge in [0.2, 0.25) is 0 Å². The van der Waals surface area contributed by atoms with Crippen LogP contribution in [0.3, 0.4) is 0 Å². The Bertz CT molecular complexity index is 578. The van der Waals surface area contributed by atoms with Crippen molar-refractivity contribution in [2.45, 2.75) is 25.4 Å². The van der Waals surface area contributed by atoms with Crippen LogP contribution in [0.5, 0.6) is 0 Å². The number of nitro benzene ring substituents is 1. The minimum Gasteiger partial charge on any atom is -0.478 e. The molecule has 0 heterocycles. The first kappa shape index (κ1) is 15.2. The summed E-state index contributed by atoms with van der Waals surface area (Å²) in [5, 5.41) is 32.0. The van der Waals surface area contributed by atoms with Gasteiger partial charge in [-0.05, 0) is 31.2 Å². The second-order valence-electron chi connectivity index (χ2n) is 5.13. The van der Waals surface area contributed by atoms with Crippen LogP contribution < -0.4 is 5.32 Å². The van der Waals surface area contributed by atoms with Crippen LogP contribution in [0, 0.1) is 21.8 Å². The van der Waals surface area contributed by atoms with E-state index >= 15 is 0 Å². The summed E-state index contributed by atoms with van der Waals surface area (Å²) in [6.45, 7) is 0.364. The van der Waals surface area contributed by atoms with Crippen LogP contribution in [0.25, 0.3) is 0 Å². The van der Waals surface area contributed by atoms with E-state index in [2.05, 4.69) is 5.32 Å². The van der Waals surface area contributed by atoms with Crippen molar-refractivity contribution in [1.29, 1.82) is 0 Å². The summed E-state index contributed by atoms with van der Waals surface area (Å²) < 4.78 is 13.5. The number of carboxylic acids is 1. The highest BCUT2D eigenvalue weighted by Crippen LogP contribution is 2.30. The summed E-state index contributed by atoms with van der Waals surface area (Å²) >= 11 is 0. The highest BCUT2D eigenvalue weighted by Gasteiger charge is 2.25. The number of nitrogens with one attached hydrogen (secondary N) is 1. The maximum atomic E-state index is 13.5. The molecule has 0 amide bonds. The minimum atomic E-state index is -1.48. The molecule has 114 valence electrons. The van der Waals surface area contributed by atoms with Gasteiger partial charge in [-0.1, -0.05) is 0 Å². The van der Waals surface area contributed by atoms with Crippen LogP contribution in [0.2, 0.25) is 0 Å². The van der Waals surface area contributed by atoms with Crippen LogP contribution in [0.1, 0.15) is 29.6 Å². The van der Waals surface area contributed by atoms with E-state index in [9.17, 15) is 24.4 Å². The number of aromatic carboxylic acids is 1. The summed E-state index contributed by atoms with van der Waals surface area (Å²) in [6.07, 6.45) is 1.69. The highest BCUT2D eigenvalue weighted by atomic mass is 19.1. The molecule has 0 saturated heterocycles. The van der Waals surface area contributed by atoms with Crippen molar-refractivity contribution in [3.63, 3.8) is 0 Å². The Balaban J connectivity index is 2.21. The van der Waals surface area contributed by atoms with Crippen molar-refractivity contribution in [2.75, 3.05) is 11.9 Å². The SMILES string of the molecule is O=C(O)c1cc(NCC2CCC(O)C2)c([N+](=O)[O-])cc1F. The molecule has 1 fully saturated rings. The number of nitro groups is 1. The first-order valence-electron chi connectivity index (χ1n) is 6.51. The first-order valence-corrected chi connectivity index (χ1v) is 6.51. The smallest absolute Gasteiger partial charge is 0.338 e. The Labute approximate surface area is 119 Å². The minimum absolute atomic E-state index is 0.0276. The van der Waals surface area contributed by atoms with Gasteiger partial charge in [-0.2, -0.15) is 0 Å². The molecule has 1 aromatic rings. The third-order valence-electron chi connectivity index (χ3n) is 3.61. The molecule has 2 unspecified atom stereocenters. The number of aliphatic hydroxyl groups excluding tert-OH is 1. The van der Waals surface area contributed by atoms with Crippen LogP contribution in [-0.2, 0) is 0 Å².